The summed E-state index contributed by atoms with van der Waals surface area (Å²) < 4.78 is 0.897. The molecule has 0 aliphatic heterocycles. The molecule has 2 N–H and O–H groups in total. The quantitative estimate of drug-likeness (QED) is 0.878. The number of hydrogen-bond donors (Lipinski definition) is 2. The fourth-order valence-electron chi connectivity index (χ4n) is 1.16. The van der Waals surface area contributed by atoms with E-state index in [-0.39, 0.29) is 11.9 Å². The molecule has 0 bridgehead atoms. The second-order valence-corrected chi connectivity index (χ2v) is 4.11. The lowest BCUT2D eigenvalue weighted by molar-refractivity contribution is -0.120. The van der Waals surface area contributed by atoms with Crippen LogP contribution in [0, 0.1) is 0 Å². The van der Waals surface area contributed by atoms with Gasteiger partial charge in [0.25, 0.3) is 0 Å². The number of nitrogens with one attached hydrogen (secondary N) is 2. The van der Waals surface area contributed by atoms with Gasteiger partial charge < -0.3 is 10.6 Å². The summed E-state index contributed by atoms with van der Waals surface area (Å²) in [5.74, 6) is 0.774. The maximum atomic E-state index is 11.1. The van der Waals surface area contributed by atoms with Crippen LogP contribution in [0.5, 0.6) is 0 Å². The first-order chi connectivity index (χ1) is 7.13. The third kappa shape index (κ3) is 3.87. The van der Waals surface area contributed by atoms with Gasteiger partial charge in [-0.25, -0.2) is 4.98 Å². The summed E-state index contributed by atoms with van der Waals surface area (Å²) in [6.45, 7) is 1.94. The van der Waals surface area contributed by atoms with Crippen molar-refractivity contribution in [3.05, 3.63) is 22.8 Å². The zero-order valence-corrected chi connectivity index (χ0v) is 10.3. The highest BCUT2D eigenvalue weighted by Gasteiger charge is 2.09. The second-order valence-electron chi connectivity index (χ2n) is 3.26. The van der Waals surface area contributed by atoms with E-state index in [1.165, 1.54) is 0 Å². The Labute approximate surface area is 97.6 Å². The molecular formula is C10H14BrN3O. The number of anilines is 1. The fourth-order valence-corrected chi connectivity index (χ4v) is 1.53. The predicted molar refractivity (Wildman–Crippen MR) is 63.7 cm³/mol. The van der Waals surface area contributed by atoms with Crippen LogP contribution in [0.25, 0.3) is 0 Å². The van der Waals surface area contributed by atoms with E-state index >= 15 is 0 Å². The maximum absolute atomic E-state index is 11.1. The normalized spacial score (nSPS) is 11.9. The van der Waals surface area contributed by atoms with Gasteiger partial charge in [0.2, 0.25) is 5.91 Å². The third-order valence-electron chi connectivity index (χ3n) is 1.91. The molecule has 15 heavy (non-hydrogen) atoms. The average molecular weight is 272 g/mol. The monoisotopic (exact) mass is 271 g/mol. The predicted octanol–water partition coefficient (Wildman–Crippen LogP) is 1.78. The smallest absolute Gasteiger partial charge is 0.221 e. The van der Waals surface area contributed by atoms with E-state index in [1.807, 2.05) is 19.1 Å². The van der Waals surface area contributed by atoms with E-state index in [1.54, 1.807) is 13.2 Å². The van der Waals surface area contributed by atoms with Crippen LogP contribution in [0.4, 0.5) is 5.82 Å². The molecule has 0 aliphatic carbocycles. The summed E-state index contributed by atoms with van der Waals surface area (Å²) in [4.78, 5) is 15.3. The van der Waals surface area contributed by atoms with Crippen LogP contribution in [0.1, 0.15) is 13.3 Å². The number of hydrogen-bond acceptors (Lipinski definition) is 3. The van der Waals surface area contributed by atoms with Gasteiger partial charge in [-0.3, -0.25) is 4.79 Å². The van der Waals surface area contributed by atoms with Crippen LogP contribution in [-0.4, -0.2) is 24.0 Å². The molecule has 1 rings (SSSR count). The van der Waals surface area contributed by atoms with Crippen molar-refractivity contribution in [1.29, 1.82) is 0 Å². The number of pyridine rings is 1. The molecule has 0 spiro atoms. The lowest BCUT2D eigenvalue weighted by atomic mass is 10.2. The van der Waals surface area contributed by atoms with Crippen LogP contribution in [0.3, 0.4) is 0 Å². The molecule has 5 heteroatoms. The summed E-state index contributed by atoms with van der Waals surface area (Å²) >= 11 is 3.38. The summed E-state index contributed by atoms with van der Waals surface area (Å²) in [7, 11) is 1.63. The Bertz CT molecular complexity index is 343. The molecular weight excluding hydrogens is 258 g/mol. The zero-order valence-electron chi connectivity index (χ0n) is 8.75. The number of rotatable bonds is 4. The van der Waals surface area contributed by atoms with E-state index < -0.39 is 0 Å². The van der Waals surface area contributed by atoms with E-state index in [0.717, 1.165) is 10.3 Å². The Morgan fingerprint density at radius 3 is 3.00 bits per heavy atom. The standard InChI is InChI=1S/C10H14BrN3O/c1-7(6-9(15)12-2)14-10-8(11)4-3-5-13-10/h3-5,7H,6H2,1-2H3,(H,12,15)(H,13,14). The van der Waals surface area contributed by atoms with Gasteiger partial charge in [-0.05, 0) is 35.0 Å². The van der Waals surface area contributed by atoms with Crippen molar-refractivity contribution in [2.45, 2.75) is 19.4 Å². The van der Waals surface area contributed by atoms with Crippen molar-refractivity contribution >= 4 is 27.7 Å². The van der Waals surface area contributed by atoms with E-state index in [0.29, 0.717) is 6.42 Å². The summed E-state index contributed by atoms with van der Waals surface area (Å²) in [6, 6.07) is 3.80. The van der Waals surface area contributed by atoms with Gasteiger partial charge in [0.05, 0.1) is 4.47 Å². The zero-order chi connectivity index (χ0) is 11.3. The SMILES string of the molecule is CNC(=O)CC(C)Nc1ncccc1Br. The molecule has 1 unspecified atom stereocenters. The van der Waals surface area contributed by atoms with E-state index in [9.17, 15) is 4.79 Å². The molecule has 0 fully saturated rings. The minimum Gasteiger partial charge on any atom is -0.366 e. The number of halogens is 1. The van der Waals surface area contributed by atoms with Crippen molar-refractivity contribution < 1.29 is 4.79 Å². The average Bonchev–Trinajstić information content (AvgIpc) is 2.21. The molecule has 1 heterocycles. The van der Waals surface area contributed by atoms with Crippen LogP contribution >= 0.6 is 15.9 Å². The summed E-state index contributed by atoms with van der Waals surface area (Å²) in [5, 5.41) is 5.74. The van der Waals surface area contributed by atoms with Crippen molar-refractivity contribution in [3.63, 3.8) is 0 Å². The first-order valence-electron chi connectivity index (χ1n) is 4.71. The molecule has 0 radical (unpaired) electrons. The molecule has 1 amide bonds. The maximum Gasteiger partial charge on any atom is 0.221 e. The van der Waals surface area contributed by atoms with Crippen molar-refractivity contribution in [2.75, 3.05) is 12.4 Å². The van der Waals surface area contributed by atoms with Gasteiger partial charge in [0, 0.05) is 25.7 Å². The minimum atomic E-state index is 0.0158. The molecule has 1 aromatic heterocycles. The van der Waals surface area contributed by atoms with E-state index in [4.69, 9.17) is 0 Å². The third-order valence-corrected chi connectivity index (χ3v) is 2.55. The number of amides is 1. The van der Waals surface area contributed by atoms with Gasteiger partial charge in [-0.1, -0.05) is 0 Å². The number of aromatic nitrogens is 1. The highest BCUT2D eigenvalue weighted by molar-refractivity contribution is 9.10. The van der Waals surface area contributed by atoms with Crippen LogP contribution in [0.15, 0.2) is 22.8 Å². The van der Waals surface area contributed by atoms with Crippen molar-refractivity contribution in [2.24, 2.45) is 0 Å². The lowest BCUT2D eigenvalue weighted by Crippen LogP contribution is -2.27. The van der Waals surface area contributed by atoms with Gasteiger partial charge >= 0.3 is 0 Å². The Morgan fingerprint density at radius 2 is 2.40 bits per heavy atom. The topological polar surface area (TPSA) is 54.0 Å². The number of carbonyl (C=O) groups is 1. The van der Waals surface area contributed by atoms with Gasteiger partial charge in [-0.15, -0.1) is 0 Å². The van der Waals surface area contributed by atoms with Gasteiger partial charge in [0.15, 0.2) is 0 Å². The molecule has 82 valence electrons. The first kappa shape index (κ1) is 12.0. The highest BCUT2D eigenvalue weighted by atomic mass is 79.9. The molecule has 0 aromatic carbocycles. The molecule has 0 saturated carbocycles. The Hall–Kier alpha value is -1.10. The van der Waals surface area contributed by atoms with Crippen molar-refractivity contribution in [3.8, 4) is 0 Å². The van der Waals surface area contributed by atoms with Crippen molar-refractivity contribution in [1.82, 2.24) is 10.3 Å². The first-order valence-corrected chi connectivity index (χ1v) is 5.50. The molecule has 1 atom stereocenters. The highest BCUT2D eigenvalue weighted by Crippen LogP contribution is 2.19. The minimum absolute atomic E-state index is 0.0158. The van der Waals surface area contributed by atoms with Crippen LogP contribution < -0.4 is 10.6 Å². The molecule has 4 nitrogen and oxygen atoms in total. The van der Waals surface area contributed by atoms with Crippen LogP contribution in [0.2, 0.25) is 0 Å². The van der Waals surface area contributed by atoms with E-state index in [2.05, 4.69) is 31.5 Å². The molecule has 1 aromatic rings. The summed E-state index contributed by atoms with van der Waals surface area (Å²) in [5.41, 5.74) is 0. The fraction of sp³-hybridized carbons (Fsp3) is 0.400. The molecule has 0 saturated heterocycles. The lowest BCUT2D eigenvalue weighted by Gasteiger charge is -2.14. The number of carbonyl (C=O) groups excluding carboxylic acids is 1. The largest absolute Gasteiger partial charge is 0.366 e. The Balaban J connectivity index is 2.55. The molecule has 0 aliphatic rings. The van der Waals surface area contributed by atoms with Gasteiger partial charge in [0.1, 0.15) is 5.82 Å². The van der Waals surface area contributed by atoms with Crippen LogP contribution in [-0.2, 0) is 4.79 Å². The van der Waals surface area contributed by atoms with Gasteiger partial charge in [-0.2, -0.15) is 0 Å². The summed E-state index contributed by atoms with van der Waals surface area (Å²) in [6.07, 6.45) is 2.14. The number of nitrogens with zero attached hydrogens (tertiary/aromatic N) is 1. The Kier molecular flexibility index (Phi) is 4.55. The Morgan fingerprint density at radius 1 is 1.67 bits per heavy atom. The second kappa shape index (κ2) is 5.70.